The summed E-state index contributed by atoms with van der Waals surface area (Å²) in [5.41, 5.74) is 3.15. The van der Waals surface area contributed by atoms with Crippen molar-refractivity contribution in [2.45, 2.75) is 33.7 Å². The van der Waals surface area contributed by atoms with Gasteiger partial charge in [-0.2, -0.15) is 0 Å². The van der Waals surface area contributed by atoms with Crippen molar-refractivity contribution in [2.75, 3.05) is 5.32 Å². The van der Waals surface area contributed by atoms with Crippen molar-refractivity contribution >= 4 is 11.7 Å². The molecule has 0 saturated heterocycles. The van der Waals surface area contributed by atoms with E-state index in [-0.39, 0.29) is 5.92 Å². The summed E-state index contributed by atoms with van der Waals surface area (Å²) in [4.78, 5) is 11.1. The summed E-state index contributed by atoms with van der Waals surface area (Å²) in [7, 11) is 0. The summed E-state index contributed by atoms with van der Waals surface area (Å²) in [5, 5.41) is 12.2. The smallest absolute Gasteiger partial charge is 0.326 e. The topological polar surface area (TPSA) is 49.3 Å². The third-order valence-electron chi connectivity index (χ3n) is 2.63. The SMILES string of the molecule is Cc1ccc(NC(C(=O)O)C(C)C)c(C)c1. The number of carbonyl (C=O) groups is 1. The van der Waals surface area contributed by atoms with Crippen LogP contribution in [0.2, 0.25) is 0 Å². The highest BCUT2D eigenvalue weighted by Gasteiger charge is 2.21. The van der Waals surface area contributed by atoms with E-state index < -0.39 is 12.0 Å². The van der Waals surface area contributed by atoms with Crippen LogP contribution in [0.1, 0.15) is 25.0 Å². The second-order valence-electron chi connectivity index (χ2n) is 4.52. The molecule has 2 N–H and O–H groups in total. The van der Waals surface area contributed by atoms with Gasteiger partial charge in [0.15, 0.2) is 0 Å². The highest BCUT2D eigenvalue weighted by molar-refractivity contribution is 5.78. The summed E-state index contributed by atoms with van der Waals surface area (Å²) in [6.07, 6.45) is 0. The Morgan fingerprint density at radius 1 is 1.31 bits per heavy atom. The van der Waals surface area contributed by atoms with E-state index in [1.807, 2.05) is 45.9 Å². The number of benzene rings is 1. The second kappa shape index (κ2) is 5.01. The zero-order valence-electron chi connectivity index (χ0n) is 10.2. The standard InChI is InChI=1S/C13H19NO2/c1-8(2)12(13(15)16)14-11-6-5-9(3)7-10(11)4/h5-8,12,14H,1-4H3,(H,15,16). The first-order valence-corrected chi connectivity index (χ1v) is 5.48. The van der Waals surface area contributed by atoms with Gasteiger partial charge >= 0.3 is 5.97 Å². The minimum Gasteiger partial charge on any atom is -0.480 e. The Morgan fingerprint density at radius 3 is 2.38 bits per heavy atom. The maximum Gasteiger partial charge on any atom is 0.326 e. The summed E-state index contributed by atoms with van der Waals surface area (Å²) in [6, 6.07) is 5.42. The Balaban J connectivity index is 2.90. The fourth-order valence-electron chi connectivity index (χ4n) is 1.66. The van der Waals surface area contributed by atoms with Crippen molar-refractivity contribution in [2.24, 2.45) is 5.92 Å². The van der Waals surface area contributed by atoms with Crippen LogP contribution in [-0.4, -0.2) is 17.1 Å². The predicted octanol–water partition coefficient (Wildman–Crippen LogP) is 2.82. The third-order valence-corrected chi connectivity index (χ3v) is 2.63. The molecule has 0 amide bonds. The van der Waals surface area contributed by atoms with Crippen LogP contribution in [0.4, 0.5) is 5.69 Å². The van der Waals surface area contributed by atoms with Crippen LogP contribution >= 0.6 is 0 Å². The van der Waals surface area contributed by atoms with E-state index >= 15 is 0 Å². The molecule has 0 aliphatic rings. The molecule has 0 bridgehead atoms. The first-order chi connectivity index (χ1) is 7.41. The van der Waals surface area contributed by atoms with Gasteiger partial charge in [-0.3, -0.25) is 0 Å². The maximum atomic E-state index is 11.1. The molecule has 0 fully saturated rings. The molecule has 1 atom stereocenters. The van der Waals surface area contributed by atoms with E-state index in [0.717, 1.165) is 11.3 Å². The molecule has 0 spiro atoms. The monoisotopic (exact) mass is 221 g/mol. The summed E-state index contributed by atoms with van der Waals surface area (Å²) in [5.74, 6) is -0.756. The van der Waals surface area contributed by atoms with Crippen molar-refractivity contribution < 1.29 is 9.90 Å². The lowest BCUT2D eigenvalue weighted by Gasteiger charge is -2.20. The summed E-state index contributed by atoms with van der Waals surface area (Å²) in [6.45, 7) is 7.80. The molecule has 1 rings (SSSR count). The zero-order valence-corrected chi connectivity index (χ0v) is 10.2. The van der Waals surface area contributed by atoms with Crippen molar-refractivity contribution in [3.05, 3.63) is 29.3 Å². The fourth-order valence-corrected chi connectivity index (χ4v) is 1.66. The molecule has 16 heavy (non-hydrogen) atoms. The van der Waals surface area contributed by atoms with Crippen molar-refractivity contribution in [1.29, 1.82) is 0 Å². The number of aliphatic carboxylic acids is 1. The van der Waals surface area contributed by atoms with Crippen LogP contribution in [0.25, 0.3) is 0 Å². The number of carboxylic acids is 1. The van der Waals surface area contributed by atoms with E-state index in [9.17, 15) is 4.79 Å². The highest BCUT2D eigenvalue weighted by atomic mass is 16.4. The predicted molar refractivity (Wildman–Crippen MR) is 65.8 cm³/mol. The number of rotatable bonds is 4. The number of carboxylic acid groups (broad SMARTS) is 1. The molecular formula is C13H19NO2. The summed E-state index contributed by atoms with van der Waals surface area (Å²) < 4.78 is 0. The molecule has 0 radical (unpaired) electrons. The Bertz CT molecular complexity index is 386. The van der Waals surface area contributed by atoms with E-state index in [1.165, 1.54) is 5.56 Å². The minimum absolute atomic E-state index is 0.0539. The lowest BCUT2D eigenvalue weighted by Crippen LogP contribution is -2.34. The Morgan fingerprint density at radius 2 is 1.94 bits per heavy atom. The van der Waals surface area contributed by atoms with E-state index in [4.69, 9.17) is 5.11 Å². The van der Waals surface area contributed by atoms with Crippen molar-refractivity contribution in [1.82, 2.24) is 0 Å². The molecule has 3 nitrogen and oxygen atoms in total. The molecular weight excluding hydrogens is 202 g/mol. The second-order valence-corrected chi connectivity index (χ2v) is 4.52. The molecule has 0 aromatic heterocycles. The van der Waals surface area contributed by atoms with Gasteiger partial charge in [0.25, 0.3) is 0 Å². The molecule has 0 heterocycles. The fraction of sp³-hybridized carbons (Fsp3) is 0.462. The van der Waals surface area contributed by atoms with E-state index in [1.54, 1.807) is 0 Å². The normalized spacial score (nSPS) is 12.6. The van der Waals surface area contributed by atoms with Gasteiger partial charge in [0.1, 0.15) is 6.04 Å². The van der Waals surface area contributed by atoms with Crippen LogP contribution in [0.15, 0.2) is 18.2 Å². The maximum absolute atomic E-state index is 11.1. The quantitative estimate of drug-likeness (QED) is 0.822. The van der Waals surface area contributed by atoms with Crippen LogP contribution in [0, 0.1) is 19.8 Å². The van der Waals surface area contributed by atoms with Gasteiger partial charge in [-0.05, 0) is 31.4 Å². The number of hydrogen-bond acceptors (Lipinski definition) is 2. The van der Waals surface area contributed by atoms with Gasteiger partial charge in [0.05, 0.1) is 0 Å². The van der Waals surface area contributed by atoms with Crippen LogP contribution < -0.4 is 5.32 Å². The molecule has 0 aliphatic carbocycles. The lowest BCUT2D eigenvalue weighted by molar-refractivity contribution is -0.138. The first kappa shape index (κ1) is 12.6. The molecule has 1 aromatic rings. The molecule has 88 valence electrons. The van der Waals surface area contributed by atoms with E-state index in [2.05, 4.69) is 5.32 Å². The molecule has 1 unspecified atom stereocenters. The number of anilines is 1. The van der Waals surface area contributed by atoms with Crippen molar-refractivity contribution in [3.63, 3.8) is 0 Å². The molecule has 1 aromatic carbocycles. The Labute approximate surface area is 96.5 Å². The Kier molecular flexibility index (Phi) is 3.93. The zero-order chi connectivity index (χ0) is 12.3. The minimum atomic E-state index is -0.810. The van der Waals surface area contributed by atoms with Crippen molar-refractivity contribution in [3.8, 4) is 0 Å². The van der Waals surface area contributed by atoms with Gasteiger partial charge in [0, 0.05) is 5.69 Å². The lowest BCUT2D eigenvalue weighted by atomic mass is 10.0. The largest absolute Gasteiger partial charge is 0.480 e. The van der Waals surface area contributed by atoms with Gasteiger partial charge in [-0.15, -0.1) is 0 Å². The Hall–Kier alpha value is -1.51. The average Bonchev–Trinajstić information content (AvgIpc) is 2.15. The number of nitrogens with one attached hydrogen (secondary N) is 1. The molecule has 3 heteroatoms. The number of hydrogen-bond donors (Lipinski definition) is 2. The van der Waals surface area contributed by atoms with Gasteiger partial charge in [0.2, 0.25) is 0 Å². The van der Waals surface area contributed by atoms with E-state index in [0.29, 0.717) is 0 Å². The molecule has 0 saturated carbocycles. The average molecular weight is 221 g/mol. The number of aryl methyl sites for hydroxylation is 2. The highest BCUT2D eigenvalue weighted by Crippen LogP contribution is 2.19. The first-order valence-electron chi connectivity index (χ1n) is 5.48. The van der Waals surface area contributed by atoms with Gasteiger partial charge in [-0.25, -0.2) is 4.79 Å². The van der Waals surface area contributed by atoms with Crippen LogP contribution in [0.3, 0.4) is 0 Å². The van der Waals surface area contributed by atoms with Gasteiger partial charge < -0.3 is 10.4 Å². The van der Waals surface area contributed by atoms with Crippen LogP contribution in [-0.2, 0) is 4.79 Å². The summed E-state index contributed by atoms with van der Waals surface area (Å²) >= 11 is 0. The van der Waals surface area contributed by atoms with Crippen LogP contribution in [0.5, 0.6) is 0 Å². The third kappa shape index (κ3) is 2.99. The van der Waals surface area contributed by atoms with Gasteiger partial charge in [-0.1, -0.05) is 31.5 Å². The molecule has 0 aliphatic heterocycles.